The average Bonchev–Trinajstić information content (AvgIpc) is 2.50. The molecule has 140 valence electrons. The first-order chi connectivity index (χ1) is 11.5. The molecule has 0 aliphatic heterocycles. The molecule has 0 amide bonds. The third-order valence-corrected chi connectivity index (χ3v) is 5.59. The summed E-state index contributed by atoms with van der Waals surface area (Å²) in [5, 5.41) is 19.2. The van der Waals surface area contributed by atoms with Gasteiger partial charge in [0.25, 0.3) is 0 Å². The van der Waals surface area contributed by atoms with Crippen molar-refractivity contribution in [1.82, 2.24) is 0 Å². The second kappa shape index (κ2) is 8.50. The maximum atomic E-state index is 11.8. The van der Waals surface area contributed by atoms with Gasteiger partial charge in [-0.2, -0.15) is 0 Å². The zero-order chi connectivity index (χ0) is 19.3. The topological polar surface area (TPSA) is 74.6 Å². The normalized spacial score (nSPS) is 26.8. The minimum atomic E-state index is -1.27. The van der Waals surface area contributed by atoms with E-state index in [0.29, 0.717) is 6.42 Å². The van der Waals surface area contributed by atoms with Gasteiger partial charge in [-0.1, -0.05) is 34.9 Å². The summed E-state index contributed by atoms with van der Waals surface area (Å²) >= 11 is 0. The lowest BCUT2D eigenvalue weighted by molar-refractivity contribution is -0.171. The van der Waals surface area contributed by atoms with E-state index in [9.17, 15) is 19.8 Å². The third-order valence-electron chi connectivity index (χ3n) is 5.59. The largest absolute Gasteiger partial charge is 0.481 e. The fourth-order valence-corrected chi connectivity index (χ4v) is 3.32. The zero-order valence-electron chi connectivity index (χ0n) is 16.2. The summed E-state index contributed by atoms with van der Waals surface area (Å²) in [5.41, 5.74) is 1.18. The van der Waals surface area contributed by atoms with E-state index in [4.69, 9.17) is 0 Å². The van der Waals surface area contributed by atoms with Crippen molar-refractivity contribution in [2.75, 3.05) is 0 Å². The van der Waals surface area contributed by atoms with Crippen molar-refractivity contribution in [2.24, 2.45) is 10.8 Å². The van der Waals surface area contributed by atoms with E-state index < -0.39 is 22.8 Å². The van der Waals surface area contributed by atoms with E-state index in [2.05, 4.69) is 32.9 Å². The molecule has 4 heteroatoms. The van der Waals surface area contributed by atoms with Crippen LogP contribution in [0, 0.1) is 10.8 Å². The van der Waals surface area contributed by atoms with Crippen molar-refractivity contribution in [3.63, 3.8) is 0 Å². The van der Waals surface area contributed by atoms with E-state index in [1.165, 1.54) is 11.1 Å². The number of carboxylic acids is 2. The molecule has 0 unspecified atom stereocenters. The van der Waals surface area contributed by atoms with Gasteiger partial charge in [-0.25, -0.2) is 0 Å². The van der Waals surface area contributed by atoms with Gasteiger partial charge in [0.05, 0.1) is 10.8 Å². The van der Waals surface area contributed by atoms with Gasteiger partial charge in [0.15, 0.2) is 0 Å². The Kier molecular flexibility index (Phi) is 7.21. The van der Waals surface area contributed by atoms with Gasteiger partial charge in [-0.15, -0.1) is 0 Å². The molecule has 1 rings (SSSR count). The summed E-state index contributed by atoms with van der Waals surface area (Å²) in [4.78, 5) is 23.4. The summed E-state index contributed by atoms with van der Waals surface area (Å²) in [5.74, 6) is -2.07. The molecule has 0 heterocycles. The first kappa shape index (κ1) is 21.2. The Balaban J connectivity index is 2.73. The maximum Gasteiger partial charge on any atom is 0.310 e. The monoisotopic (exact) mass is 348 g/mol. The highest BCUT2D eigenvalue weighted by Gasteiger charge is 2.56. The highest BCUT2D eigenvalue weighted by Crippen LogP contribution is 2.51. The Morgan fingerprint density at radius 1 is 1.04 bits per heavy atom. The summed E-state index contributed by atoms with van der Waals surface area (Å²) in [6.07, 6.45) is 10.7. The Bertz CT molecular complexity index is 607. The van der Waals surface area contributed by atoms with Gasteiger partial charge >= 0.3 is 11.9 Å². The number of hydrogen-bond acceptors (Lipinski definition) is 2. The van der Waals surface area contributed by atoms with Crippen LogP contribution in [0.1, 0.15) is 73.1 Å². The van der Waals surface area contributed by atoms with Gasteiger partial charge < -0.3 is 10.2 Å². The van der Waals surface area contributed by atoms with Crippen molar-refractivity contribution in [1.29, 1.82) is 0 Å². The molecule has 0 saturated heterocycles. The quantitative estimate of drug-likeness (QED) is 0.579. The predicted octanol–water partition coefficient (Wildman–Crippen LogP) is 5.36. The second-order valence-electron chi connectivity index (χ2n) is 7.93. The zero-order valence-corrected chi connectivity index (χ0v) is 16.2. The molecule has 0 saturated carbocycles. The van der Waals surface area contributed by atoms with Crippen LogP contribution in [0.3, 0.4) is 0 Å². The SMILES string of the molecule is CC(C)=CCCC(C)=CCCC1=CC[C@](C)(C(=O)O)[C@](C)(C(=O)O)C1. The van der Waals surface area contributed by atoms with Crippen LogP contribution in [0.15, 0.2) is 34.9 Å². The highest BCUT2D eigenvalue weighted by molar-refractivity contribution is 5.87. The number of rotatable bonds is 8. The fourth-order valence-electron chi connectivity index (χ4n) is 3.32. The van der Waals surface area contributed by atoms with Crippen molar-refractivity contribution in [3.8, 4) is 0 Å². The van der Waals surface area contributed by atoms with E-state index >= 15 is 0 Å². The molecule has 0 fully saturated rings. The summed E-state index contributed by atoms with van der Waals surface area (Å²) in [7, 11) is 0. The second-order valence-corrected chi connectivity index (χ2v) is 7.93. The van der Waals surface area contributed by atoms with Crippen LogP contribution < -0.4 is 0 Å². The van der Waals surface area contributed by atoms with Crippen molar-refractivity contribution in [3.05, 3.63) is 34.9 Å². The van der Waals surface area contributed by atoms with Crippen molar-refractivity contribution < 1.29 is 19.8 Å². The van der Waals surface area contributed by atoms with Crippen LogP contribution in [0.5, 0.6) is 0 Å². The van der Waals surface area contributed by atoms with Gasteiger partial charge in [0, 0.05) is 0 Å². The number of carbonyl (C=O) groups is 2. The molecular weight excluding hydrogens is 316 g/mol. The molecule has 4 nitrogen and oxygen atoms in total. The average molecular weight is 348 g/mol. The summed E-state index contributed by atoms with van der Waals surface area (Å²) in [6.45, 7) is 9.43. The molecule has 0 aromatic heterocycles. The van der Waals surface area contributed by atoms with Gasteiger partial charge in [0.2, 0.25) is 0 Å². The molecule has 1 aliphatic rings. The van der Waals surface area contributed by atoms with E-state index in [0.717, 1.165) is 31.3 Å². The Morgan fingerprint density at radius 3 is 2.16 bits per heavy atom. The molecule has 2 N–H and O–H groups in total. The number of hydrogen-bond donors (Lipinski definition) is 2. The van der Waals surface area contributed by atoms with Crippen molar-refractivity contribution >= 4 is 11.9 Å². The standard InChI is InChI=1S/C21H32O4/c1-15(2)8-6-9-16(3)10-7-11-17-12-13-20(4,18(22)23)21(5,14-17)19(24)25/h8,10,12H,6-7,9,11,13-14H2,1-5H3,(H,22,23)(H,24,25)/t20-,21+/m1/s1. The Morgan fingerprint density at radius 2 is 1.64 bits per heavy atom. The van der Waals surface area contributed by atoms with Crippen LogP contribution in [-0.2, 0) is 9.59 Å². The predicted molar refractivity (Wildman–Crippen MR) is 100 cm³/mol. The van der Waals surface area contributed by atoms with Crippen LogP contribution in [0.4, 0.5) is 0 Å². The summed E-state index contributed by atoms with van der Waals surface area (Å²) in [6, 6.07) is 0. The highest BCUT2D eigenvalue weighted by atomic mass is 16.4. The lowest BCUT2D eigenvalue weighted by atomic mass is 9.58. The third kappa shape index (κ3) is 5.07. The van der Waals surface area contributed by atoms with E-state index in [1.54, 1.807) is 13.8 Å². The summed E-state index contributed by atoms with van der Waals surface area (Å²) < 4.78 is 0. The first-order valence-electron chi connectivity index (χ1n) is 8.96. The van der Waals surface area contributed by atoms with Gasteiger partial charge in [0.1, 0.15) is 0 Å². The Labute approximate surface area is 151 Å². The maximum absolute atomic E-state index is 11.8. The number of allylic oxidation sites excluding steroid dienone is 6. The van der Waals surface area contributed by atoms with E-state index in [-0.39, 0.29) is 6.42 Å². The Hall–Kier alpha value is -1.84. The number of carboxylic acid groups (broad SMARTS) is 2. The molecule has 2 atom stereocenters. The van der Waals surface area contributed by atoms with Gasteiger partial charge in [-0.3, -0.25) is 9.59 Å². The van der Waals surface area contributed by atoms with Crippen LogP contribution in [-0.4, -0.2) is 22.2 Å². The minimum absolute atomic E-state index is 0.268. The molecule has 1 aliphatic carbocycles. The van der Waals surface area contributed by atoms with Crippen molar-refractivity contribution in [2.45, 2.75) is 73.1 Å². The van der Waals surface area contributed by atoms with Crippen LogP contribution >= 0.6 is 0 Å². The smallest absolute Gasteiger partial charge is 0.310 e. The lowest BCUT2D eigenvalue weighted by Crippen LogP contribution is -2.50. The first-order valence-corrected chi connectivity index (χ1v) is 8.96. The van der Waals surface area contributed by atoms with Gasteiger partial charge in [-0.05, 0) is 73.1 Å². The molecule has 0 radical (unpaired) electrons. The minimum Gasteiger partial charge on any atom is -0.481 e. The molecule has 25 heavy (non-hydrogen) atoms. The molecule has 0 aromatic rings. The molecule has 0 bridgehead atoms. The van der Waals surface area contributed by atoms with Crippen LogP contribution in [0.2, 0.25) is 0 Å². The van der Waals surface area contributed by atoms with Crippen LogP contribution in [0.25, 0.3) is 0 Å². The molecule has 0 aromatic carbocycles. The van der Waals surface area contributed by atoms with E-state index in [1.807, 2.05) is 6.08 Å². The molecular formula is C21H32O4. The lowest BCUT2D eigenvalue weighted by Gasteiger charge is -2.43. The molecule has 0 spiro atoms. The fraction of sp³-hybridized carbons (Fsp3) is 0.619. The number of aliphatic carboxylic acids is 2.